The molecule has 4 aromatic rings. The standard InChI is InChI=1S/C32H28F3N3O6/c1-42-27-13-8-21-17-23(5-4-22(21)18-27)30(38-24-9-14-26(15-10-24)44-32(33,34)35)28(19-36)43-25-11-6-20(7-12-25)31(41)37-16-2-3-29(39)40/h4-15,17-19H,2-3,16,36H2,1H3,(H,37,41)(H,39,40). The van der Waals surface area contributed by atoms with Gasteiger partial charge < -0.3 is 30.4 Å². The van der Waals surface area contributed by atoms with Crippen molar-refractivity contribution in [2.75, 3.05) is 13.7 Å². The van der Waals surface area contributed by atoms with Crippen molar-refractivity contribution in [1.29, 1.82) is 0 Å². The molecule has 0 aliphatic rings. The second-order valence-corrected chi connectivity index (χ2v) is 9.34. The third kappa shape index (κ3) is 8.74. The number of nitrogens with zero attached hydrogens (tertiary/aromatic N) is 1. The van der Waals surface area contributed by atoms with E-state index in [2.05, 4.69) is 15.0 Å². The van der Waals surface area contributed by atoms with Crippen LogP contribution in [-0.4, -0.2) is 42.7 Å². The van der Waals surface area contributed by atoms with Crippen LogP contribution in [0.3, 0.4) is 0 Å². The molecule has 9 nitrogen and oxygen atoms in total. The summed E-state index contributed by atoms with van der Waals surface area (Å²) >= 11 is 0. The third-order valence-corrected chi connectivity index (χ3v) is 6.21. The Morgan fingerprint density at radius 2 is 1.50 bits per heavy atom. The zero-order valence-corrected chi connectivity index (χ0v) is 23.4. The monoisotopic (exact) mass is 607 g/mol. The lowest BCUT2D eigenvalue weighted by atomic mass is 10.0. The van der Waals surface area contributed by atoms with Gasteiger partial charge in [0.15, 0.2) is 5.76 Å². The maximum absolute atomic E-state index is 12.6. The third-order valence-electron chi connectivity index (χ3n) is 6.21. The number of alkyl halides is 3. The van der Waals surface area contributed by atoms with E-state index in [0.29, 0.717) is 34.7 Å². The molecule has 0 radical (unpaired) electrons. The molecule has 0 fully saturated rings. The van der Waals surface area contributed by atoms with Gasteiger partial charge in [-0.1, -0.05) is 18.2 Å². The normalized spacial score (nSPS) is 12.1. The van der Waals surface area contributed by atoms with Crippen LogP contribution >= 0.6 is 0 Å². The highest BCUT2D eigenvalue weighted by Crippen LogP contribution is 2.28. The molecule has 4 rings (SSSR count). The van der Waals surface area contributed by atoms with Gasteiger partial charge in [0.05, 0.1) is 12.8 Å². The number of allylic oxidation sites excluding steroid dienone is 1. The number of aliphatic carboxylic acids is 1. The van der Waals surface area contributed by atoms with Crippen molar-refractivity contribution in [3.63, 3.8) is 0 Å². The summed E-state index contributed by atoms with van der Waals surface area (Å²) in [7, 11) is 1.57. The van der Waals surface area contributed by atoms with Gasteiger partial charge in [-0.25, -0.2) is 4.99 Å². The van der Waals surface area contributed by atoms with E-state index < -0.39 is 18.1 Å². The molecule has 228 valence electrons. The summed E-state index contributed by atoms with van der Waals surface area (Å²) in [6.07, 6.45) is -3.37. The van der Waals surface area contributed by atoms with Gasteiger partial charge in [-0.3, -0.25) is 9.59 Å². The van der Waals surface area contributed by atoms with Crippen LogP contribution in [0.15, 0.2) is 102 Å². The lowest BCUT2D eigenvalue weighted by Gasteiger charge is -2.15. The van der Waals surface area contributed by atoms with Crippen LogP contribution in [0.5, 0.6) is 17.2 Å². The first-order chi connectivity index (χ1) is 21.0. The molecule has 0 saturated heterocycles. The number of nitrogens with two attached hydrogens (primary N) is 1. The molecule has 44 heavy (non-hydrogen) atoms. The fourth-order valence-electron chi connectivity index (χ4n) is 4.12. The molecule has 4 N–H and O–H groups in total. The largest absolute Gasteiger partial charge is 0.573 e. The number of methoxy groups -OCH3 is 1. The van der Waals surface area contributed by atoms with Gasteiger partial charge in [0.25, 0.3) is 5.91 Å². The molecule has 4 aromatic carbocycles. The first kappa shape index (κ1) is 31.4. The number of benzene rings is 4. The number of halogens is 3. The summed E-state index contributed by atoms with van der Waals surface area (Å²) in [5.41, 5.74) is 7.53. The second kappa shape index (κ2) is 14.1. The first-order valence-electron chi connectivity index (χ1n) is 13.3. The fourth-order valence-corrected chi connectivity index (χ4v) is 4.12. The molecule has 12 heteroatoms. The number of carboxylic acid groups (broad SMARTS) is 1. The Labute approximate surface area is 250 Å². The number of hydrogen-bond acceptors (Lipinski definition) is 7. The van der Waals surface area contributed by atoms with Crippen LogP contribution in [0.1, 0.15) is 28.8 Å². The zero-order chi connectivity index (χ0) is 31.7. The average Bonchev–Trinajstić information content (AvgIpc) is 3.00. The molecular formula is C32H28F3N3O6. The minimum Gasteiger partial charge on any atom is -0.497 e. The Balaban J connectivity index is 1.62. The summed E-state index contributed by atoms with van der Waals surface area (Å²) in [6, 6.07) is 22.3. The van der Waals surface area contributed by atoms with Crippen molar-refractivity contribution < 1.29 is 42.1 Å². The Hall–Kier alpha value is -5.52. The van der Waals surface area contributed by atoms with Crippen LogP contribution in [0.4, 0.5) is 18.9 Å². The number of rotatable bonds is 12. The molecular weight excluding hydrogens is 579 g/mol. The lowest BCUT2D eigenvalue weighted by Crippen LogP contribution is -2.24. The minimum absolute atomic E-state index is 0.0535. The summed E-state index contributed by atoms with van der Waals surface area (Å²) < 4.78 is 53.2. The SMILES string of the molecule is COc1ccc2cc(C(=Nc3ccc(OC(F)(F)F)cc3)C(=CN)Oc3ccc(C(=O)NCCCC(=O)O)cc3)ccc2c1. The number of aliphatic imine (C=N–C) groups is 1. The summed E-state index contributed by atoms with van der Waals surface area (Å²) in [6.45, 7) is 0.213. The van der Waals surface area contributed by atoms with Crippen molar-refractivity contribution >= 4 is 34.0 Å². The van der Waals surface area contributed by atoms with Crippen molar-refractivity contribution in [3.8, 4) is 17.2 Å². The number of carbonyl (C=O) groups is 2. The van der Waals surface area contributed by atoms with E-state index in [1.165, 1.54) is 30.5 Å². The van der Waals surface area contributed by atoms with Crippen LogP contribution in [0, 0.1) is 0 Å². The van der Waals surface area contributed by atoms with E-state index in [4.69, 9.17) is 20.3 Å². The van der Waals surface area contributed by atoms with Crippen molar-refractivity contribution in [2.24, 2.45) is 10.7 Å². The smallest absolute Gasteiger partial charge is 0.497 e. The highest BCUT2D eigenvalue weighted by molar-refractivity contribution is 6.14. The number of carboxylic acids is 1. The number of amides is 1. The molecule has 0 aliphatic heterocycles. The molecule has 0 aliphatic carbocycles. The summed E-state index contributed by atoms with van der Waals surface area (Å²) in [5.74, 6) is -0.554. The summed E-state index contributed by atoms with van der Waals surface area (Å²) in [4.78, 5) is 27.7. The van der Waals surface area contributed by atoms with Gasteiger partial charge >= 0.3 is 12.3 Å². The molecule has 0 heterocycles. The molecule has 0 saturated carbocycles. The van der Waals surface area contributed by atoms with E-state index in [0.717, 1.165) is 22.9 Å². The maximum atomic E-state index is 12.6. The molecule has 0 spiro atoms. The lowest BCUT2D eigenvalue weighted by molar-refractivity contribution is -0.274. The number of nitrogens with one attached hydrogen (secondary N) is 1. The van der Waals surface area contributed by atoms with Crippen molar-refractivity contribution in [1.82, 2.24) is 5.32 Å². The van der Waals surface area contributed by atoms with Crippen molar-refractivity contribution in [2.45, 2.75) is 19.2 Å². The molecule has 0 bridgehead atoms. The minimum atomic E-state index is -4.83. The number of fused-ring (bicyclic) bond motifs is 1. The van der Waals surface area contributed by atoms with E-state index in [1.807, 2.05) is 30.3 Å². The highest BCUT2D eigenvalue weighted by Gasteiger charge is 2.31. The maximum Gasteiger partial charge on any atom is 0.573 e. The van der Waals surface area contributed by atoms with Crippen LogP contribution in [-0.2, 0) is 4.79 Å². The predicted molar refractivity (Wildman–Crippen MR) is 158 cm³/mol. The first-order valence-corrected chi connectivity index (χ1v) is 13.3. The van der Waals surface area contributed by atoms with E-state index in [9.17, 15) is 22.8 Å². The van der Waals surface area contributed by atoms with Gasteiger partial charge in [0.2, 0.25) is 0 Å². The van der Waals surface area contributed by atoms with Gasteiger partial charge in [-0.15, -0.1) is 13.2 Å². The quantitative estimate of drug-likeness (QED) is 0.0973. The van der Waals surface area contributed by atoms with Gasteiger partial charge in [-0.2, -0.15) is 0 Å². The van der Waals surface area contributed by atoms with Crippen LogP contribution in [0.2, 0.25) is 0 Å². The topological polar surface area (TPSA) is 132 Å². The average molecular weight is 608 g/mol. The van der Waals surface area contributed by atoms with Gasteiger partial charge in [-0.05, 0) is 83.9 Å². The number of ether oxygens (including phenoxy) is 3. The van der Waals surface area contributed by atoms with E-state index in [-0.39, 0.29) is 30.3 Å². The Bertz CT molecular complexity index is 1680. The van der Waals surface area contributed by atoms with Crippen molar-refractivity contribution in [3.05, 3.63) is 108 Å². The zero-order valence-electron chi connectivity index (χ0n) is 23.4. The number of hydrogen-bond donors (Lipinski definition) is 3. The fraction of sp³-hybridized carbons (Fsp3) is 0.156. The van der Waals surface area contributed by atoms with E-state index in [1.54, 1.807) is 25.3 Å². The molecule has 0 atom stereocenters. The number of carbonyl (C=O) groups excluding carboxylic acids is 1. The van der Waals surface area contributed by atoms with E-state index >= 15 is 0 Å². The molecule has 0 unspecified atom stereocenters. The molecule has 1 amide bonds. The Morgan fingerprint density at radius 3 is 2.14 bits per heavy atom. The second-order valence-electron chi connectivity index (χ2n) is 9.34. The highest BCUT2D eigenvalue weighted by atomic mass is 19.4. The Kier molecular flexibility index (Phi) is 10.1. The van der Waals surface area contributed by atoms with Gasteiger partial charge in [0, 0.05) is 30.3 Å². The summed E-state index contributed by atoms with van der Waals surface area (Å²) in [5, 5.41) is 13.2. The predicted octanol–water partition coefficient (Wildman–Crippen LogP) is 6.34. The van der Waals surface area contributed by atoms with Crippen LogP contribution < -0.4 is 25.3 Å². The Morgan fingerprint density at radius 1 is 0.886 bits per heavy atom. The molecule has 0 aromatic heterocycles. The van der Waals surface area contributed by atoms with Crippen LogP contribution in [0.25, 0.3) is 10.8 Å². The van der Waals surface area contributed by atoms with Gasteiger partial charge in [0.1, 0.15) is 23.0 Å².